The quantitative estimate of drug-likeness (QED) is 0.230. The fraction of sp³-hybridized carbons (Fsp3) is 0.414. The Morgan fingerprint density at radius 2 is 1.88 bits per heavy atom. The average molecular weight is 595 g/mol. The summed E-state index contributed by atoms with van der Waals surface area (Å²) in [7, 11) is 3.75. The minimum absolute atomic E-state index is 0.0851. The van der Waals surface area contributed by atoms with Gasteiger partial charge in [0.15, 0.2) is 5.69 Å². The van der Waals surface area contributed by atoms with Crippen molar-refractivity contribution in [3.05, 3.63) is 74.0 Å². The van der Waals surface area contributed by atoms with E-state index < -0.39 is 0 Å². The molecule has 0 aliphatic carbocycles. The Labute approximate surface area is 248 Å². The molecule has 1 atom stereocenters. The highest BCUT2D eigenvalue weighted by Crippen LogP contribution is 2.32. The highest BCUT2D eigenvalue weighted by molar-refractivity contribution is 7.97. The number of piperidine rings is 1. The monoisotopic (exact) mass is 594 g/mol. The van der Waals surface area contributed by atoms with Gasteiger partial charge in [0.2, 0.25) is 5.95 Å². The topological polar surface area (TPSA) is 110 Å². The van der Waals surface area contributed by atoms with E-state index in [0.717, 1.165) is 42.8 Å². The van der Waals surface area contributed by atoms with Crippen molar-refractivity contribution >= 4 is 52.0 Å². The SMILES string of the molecule is CSNC(=O)c1nc(Cl)ccc1NC(C)c1cc(C)cc2c(=O)n(C)c(N3CCC(c4nn(C)cc4C)CC3)nc12. The zero-order chi connectivity index (χ0) is 29.4. The van der Waals surface area contributed by atoms with Gasteiger partial charge in [-0.25, -0.2) is 9.97 Å². The van der Waals surface area contributed by atoms with Crippen molar-refractivity contribution in [1.82, 2.24) is 29.0 Å². The summed E-state index contributed by atoms with van der Waals surface area (Å²) in [6.07, 6.45) is 5.71. The summed E-state index contributed by atoms with van der Waals surface area (Å²) in [5, 5.41) is 8.90. The molecule has 0 spiro atoms. The third kappa shape index (κ3) is 5.78. The standard InChI is InChI=1S/C29H35ClN8O2S/c1-16-13-20(18(3)31-22-7-8-23(30)32-26(22)27(39)35-41-6)25-21(14-16)28(40)37(5)29(33-25)38-11-9-19(10-12-38)24-17(2)15-36(4)34-24/h7-8,13-15,18-19,31H,9-12H2,1-6H3,(H,35,39). The number of carbonyl (C=O) groups is 1. The van der Waals surface area contributed by atoms with Gasteiger partial charge in [-0.3, -0.25) is 23.6 Å². The molecule has 0 saturated carbocycles. The lowest BCUT2D eigenvalue weighted by molar-refractivity contribution is 0.0980. The molecular formula is C29H35ClN8O2S. The summed E-state index contributed by atoms with van der Waals surface area (Å²) in [5.41, 5.74) is 5.50. The summed E-state index contributed by atoms with van der Waals surface area (Å²) >= 11 is 7.30. The molecule has 4 aromatic rings. The van der Waals surface area contributed by atoms with Gasteiger partial charge in [0.25, 0.3) is 11.5 Å². The zero-order valence-corrected chi connectivity index (χ0v) is 25.7. The van der Waals surface area contributed by atoms with Crippen LogP contribution in [0.5, 0.6) is 0 Å². The van der Waals surface area contributed by atoms with Crippen LogP contribution in [0.15, 0.2) is 35.3 Å². The van der Waals surface area contributed by atoms with Crippen LogP contribution in [0.25, 0.3) is 10.9 Å². The Kier molecular flexibility index (Phi) is 8.28. The van der Waals surface area contributed by atoms with E-state index in [4.69, 9.17) is 21.7 Å². The molecule has 4 heterocycles. The Bertz CT molecular complexity index is 1680. The molecular weight excluding hydrogens is 560 g/mol. The van der Waals surface area contributed by atoms with Gasteiger partial charge in [0, 0.05) is 51.1 Å². The Balaban J connectivity index is 1.49. The van der Waals surface area contributed by atoms with Crippen LogP contribution in [0.2, 0.25) is 5.15 Å². The van der Waals surface area contributed by atoms with Gasteiger partial charge in [0.1, 0.15) is 5.15 Å². The summed E-state index contributed by atoms with van der Waals surface area (Å²) in [6, 6.07) is 7.03. The number of anilines is 2. The van der Waals surface area contributed by atoms with Gasteiger partial charge in [-0.15, -0.1) is 0 Å². The fourth-order valence-electron chi connectivity index (χ4n) is 5.71. The van der Waals surface area contributed by atoms with Crippen molar-refractivity contribution in [2.75, 3.05) is 29.6 Å². The average Bonchev–Trinajstić information content (AvgIpc) is 3.29. The van der Waals surface area contributed by atoms with Gasteiger partial charge in [0.05, 0.1) is 28.3 Å². The third-order valence-corrected chi connectivity index (χ3v) is 8.25. The summed E-state index contributed by atoms with van der Waals surface area (Å²) in [6.45, 7) is 7.63. The van der Waals surface area contributed by atoms with E-state index in [-0.39, 0.29) is 28.4 Å². The second-order valence-electron chi connectivity index (χ2n) is 10.7. The largest absolute Gasteiger partial charge is 0.377 e. The van der Waals surface area contributed by atoms with E-state index in [0.29, 0.717) is 28.5 Å². The van der Waals surface area contributed by atoms with Gasteiger partial charge in [-0.1, -0.05) is 29.6 Å². The molecule has 0 radical (unpaired) electrons. The van der Waals surface area contributed by atoms with Crippen molar-refractivity contribution in [1.29, 1.82) is 0 Å². The van der Waals surface area contributed by atoms with Crippen molar-refractivity contribution in [2.45, 2.75) is 45.6 Å². The van der Waals surface area contributed by atoms with Gasteiger partial charge >= 0.3 is 0 Å². The number of rotatable bonds is 7. The van der Waals surface area contributed by atoms with Gasteiger partial charge in [-0.05, 0) is 62.9 Å². The number of benzene rings is 1. The van der Waals surface area contributed by atoms with Crippen LogP contribution in [0.4, 0.5) is 11.6 Å². The van der Waals surface area contributed by atoms with Crippen molar-refractivity contribution in [2.24, 2.45) is 14.1 Å². The molecule has 1 unspecified atom stereocenters. The molecule has 1 saturated heterocycles. The lowest BCUT2D eigenvalue weighted by Gasteiger charge is -2.33. The molecule has 1 aromatic carbocycles. The molecule has 10 nitrogen and oxygen atoms in total. The highest BCUT2D eigenvalue weighted by Gasteiger charge is 2.27. The van der Waals surface area contributed by atoms with Crippen LogP contribution in [0.3, 0.4) is 0 Å². The first-order chi connectivity index (χ1) is 19.6. The molecule has 41 heavy (non-hydrogen) atoms. The molecule has 12 heteroatoms. The molecule has 1 aliphatic heterocycles. The number of nitrogens with zero attached hydrogens (tertiary/aromatic N) is 6. The van der Waals surface area contributed by atoms with Crippen molar-refractivity contribution < 1.29 is 4.79 Å². The van der Waals surface area contributed by atoms with E-state index in [1.54, 1.807) is 30.0 Å². The number of nitrogens with one attached hydrogen (secondary N) is 2. The van der Waals surface area contributed by atoms with Crippen LogP contribution in [0.1, 0.15) is 64.6 Å². The number of hydrogen-bond acceptors (Lipinski definition) is 8. The number of fused-ring (bicyclic) bond motifs is 1. The smallest absolute Gasteiger partial charge is 0.281 e. The molecule has 0 bridgehead atoms. The van der Waals surface area contributed by atoms with E-state index in [1.165, 1.54) is 17.5 Å². The first kappa shape index (κ1) is 28.9. The highest BCUT2D eigenvalue weighted by atomic mass is 35.5. The van der Waals surface area contributed by atoms with E-state index >= 15 is 0 Å². The summed E-state index contributed by atoms with van der Waals surface area (Å²) in [4.78, 5) is 37.9. The zero-order valence-electron chi connectivity index (χ0n) is 24.2. The maximum Gasteiger partial charge on any atom is 0.281 e. The predicted molar refractivity (Wildman–Crippen MR) is 166 cm³/mol. The van der Waals surface area contributed by atoms with E-state index in [1.807, 2.05) is 37.7 Å². The number of amides is 1. The number of hydrogen-bond donors (Lipinski definition) is 2. The van der Waals surface area contributed by atoms with Crippen molar-refractivity contribution in [3.63, 3.8) is 0 Å². The Hall–Kier alpha value is -3.57. The molecule has 5 rings (SSSR count). The number of aromatic nitrogens is 5. The lowest BCUT2D eigenvalue weighted by atomic mass is 9.92. The Morgan fingerprint density at radius 3 is 2.54 bits per heavy atom. The van der Waals surface area contributed by atoms with E-state index in [9.17, 15) is 9.59 Å². The lowest BCUT2D eigenvalue weighted by Crippen LogP contribution is -2.38. The minimum atomic E-state index is -0.345. The van der Waals surface area contributed by atoms with Crippen LogP contribution >= 0.6 is 23.5 Å². The second-order valence-corrected chi connectivity index (χ2v) is 11.7. The van der Waals surface area contributed by atoms with Gasteiger partial charge < -0.3 is 10.2 Å². The van der Waals surface area contributed by atoms with Crippen LogP contribution in [-0.4, -0.2) is 49.6 Å². The van der Waals surface area contributed by atoms with E-state index in [2.05, 4.69) is 33.0 Å². The maximum absolute atomic E-state index is 13.6. The van der Waals surface area contributed by atoms with Crippen LogP contribution in [-0.2, 0) is 14.1 Å². The molecule has 216 valence electrons. The van der Waals surface area contributed by atoms with Crippen molar-refractivity contribution in [3.8, 4) is 0 Å². The van der Waals surface area contributed by atoms with Crippen LogP contribution < -0.4 is 20.5 Å². The molecule has 1 aliphatic rings. The number of carbonyl (C=O) groups excluding carboxylic acids is 1. The van der Waals surface area contributed by atoms with Crippen LogP contribution in [0, 0.1) is 13.8 Å². The summed E-state index contributed by atoms with van der Waals surface area (Å²) in [5.74, 6) is 0.699. The first-order valence-corrected chi connectivity index (χ1v) is 15.2. The maximum atomic E-state index is 13.6. The summed E-state index contributed by atoms with van der Waals surface area (Å²) < 4.78 is 6.24. The normalized spacial score (nSPS) is 14.9. The minimum Gasteiger partial charge on any atom is -0.377 e. The number of aryl methyl sites for hydroxylation is 3. The first-order valence-electron chi connectivity index (χ1n) is 13.6. The number of pyridine rings is 1. The Morgan fingerprint density at radius 1 is 1.15 bits per heavy atom. The molecule has 1 fully saturated rings. The molecule has 2 N–H and O–H groups in total. The molecule has 3 aromatic heterocycles. The third-order valence-electron chi connectivity index (χ3n) is 7.65. The van der Waals surface area contributed by atoms with Gasteiger partial charge in [-0.2, -0.15) is 5.10 Å². The fourth-order valence-corrected chi connectivity index (χ4v) is 6.14. The number of halogens is 1. The second kappa shape index (κ2) is 11.7. The predicted octanol–water partition coefficient (Wildman–Crippen LogP) is 4.90. The molecule has 1 amide bonds.